The Bertz CT molecular complexity index is 1540. The molecule has 13 heteroatoms. The summed E-state index contributed by atoms with van der Waals surface area (Å²) < 4.78 is 41.5. The highest BCUT2D eigenvalue weighted by Gasteiger charge is 2.36. The highest BCUT2D eigenvalue weighted by molar-refractivity contribution is 9.10. The van der Waals surface area contributed by atoms with E-state index in [-0.39, 0.29) is 46.7 Å². The zero-order valence-corrected chi connectivity index (χ0v) is 23.4. The van der Waals surface area contributed by atoms with Crippen LogP contribution in [-0.2, 0) is 19.1 Å². The minimum atomic E-state index is -4.64. The molecule has 2 aromatic heterocycles. The fourth-order valence-corrected chi connectivity index (χ4v) is 4.81. The molecule has 1 aliphatic rings. The number of amides is 2. The lowest BCUT2D eigenvalue weighted by Gasteiger charge is -2.35. The van der Waals surface area contributed by atoms with Gasteiger partial charge in [0.05, 0.1) is 23.4 Å². The molecule has 210 valence electrons. The van der Waals surface area contributed by atoms with Crippen molar-refractivity contribution in [1.29, 1.82) is 0 Å². The molecule has 4 rings (SSSR count). The maximum atomic E-state index is 13.8. The SMILES string of the molecule is C=C[C@H](C)Nc1nc2c(c(=O)n1-c1ccc(C(=O)NC)cn1)C[C@@H](C)N(C(=O)c1ccc(Br)c(C(F)(F)F)c1)C2. The van der Waals surface area contributed by atoms with Gasteiger partial charge in [-0.3, -0.25) is 14.4 Å². The summed E-state index contributed by atoms with van der Waals surface area (Å²) in [6, 6.07) is 5.58. The summed E-state index contributed by atoms with van der Waals surface area (Å²) in [6.07, 6.45) is -1.56. The Hall–Kier alpha value is -4.00. The average Bonchev–Trinajstić information content (AvgIpc) is 2.92. The Morgan fingerprint density at radius 3 is 2.52 bits per heavy atom. The van der Waals surface area contributed by atoms with Crippen LogP contribution < -0.4 is 16.2 Å². The molecule has 3 heterocycles. The lowest BCUT2D eigenvalue weighted by atomic mass is 9.98. The maximum Gasteiger partial charge on any atom is 0.417 e. The number of fused-ring (bicyclic) bond motifs is 1. The highest BCUT2D eigenvalue weighted by Crippen LogP contribution is 2.36. The predicted octanol–water partition coefficient (Wildman–Crippen LogP) is 4.34. The van der Waals surface area contributed by atoms with Crippen molar-refractivity contribution in [3.8, 4) is 5.82 Å². The third kappa shape index (κ3) is 5.64. The second-order valence-corrected chi connectivity index (χ2v) is 10.2. The number of benzene rings is 1. The van der Waals surface area contributed by atoms with Gasteiger partial charge in [0, 0.05) is 40.9 Å². The lowest BCUT2D eigenvalue weighted by Crippen LogP contribution is -2.46. The Morgan fingerprint density at radius 1 is 1.23 bits per heavy atom. The molecule has 0 radical (unpaired) electrons. The standard InChI is InChI=1S/C27H26BrF3N6O3/c1-5-14(2)34-26-35-21-13-36(24(39)16-6-8-20(28)19(11-16)27(29,30)31)15(3)10-18(21)25(40)37(26)22-9-7-17(12-33-22)23(38)32-4/h5-9,11-12,14-15H,1,10,13H2,2-4H3,(H,32,38)(H,34,35)/t14-,15+/m0/s1. The quantitative estimate of drug-likeness (QED) is 0.398. The van der Waals surface area contributed by atoms with E-state index in [1.165, 1.54) is 47.0 Å². The van der Waals surface area contributed by atoms with Gasteiger partial charge in [-0.15, -0.1) is 6.58 Å². The minimum absolute atomic E-state index is 0.0803. The molecule has 2 amide bonds. The van der Waals surface area contributed by atoms with Crippen LogP contribution >= 0.6 is 15.9 Å². The van der Waals surface area contributed by atoms with Crippen LogP contribution in [-0.4, -0.2) is 50.4 Å². The smallest absolute Gasteiger partial charge is 0.355 e. The van der Waals surface area contributed by atoms with Crippen LogP contribution in [0.4, 0.5) is 19.1 Å². The van der Waals surface area contributed by atoms with Crippen LogP contribution in [0.2, 0.25) is 0 Å². The van der Waals surface area contributed by atoms with E-state index >= 15 is 0 Å². The second-order valence-electron chi connectivity index (χ2n) is 9.33. The third-order valence-corrected chi connectivity index (χ3v) is 7.26. The molecule has 1 aromatic carbocycles. The Kier molecular flexibility index (Phi) is 8.15. The molecular formula is C27H26BrF3N6O3. The van der Waals surface area contributed by atoms with E-state index in [4.69, 9.17) is 0 Å². The number of halogens is 4. The average molecular weight is 619 g/mol. The van der Waals surface area contributed by atoms with Crippen molar-refractivity contribution in [3.63, 3.8) is 0 Å². The summed E-state index contributed by atoms with van der Waals surface area (Å²) >= 11 is 2.90. The van der Waals surface area contributed by atoms with Gasteiger partial charge >= 0.3 is 6.18 Å². The van der Waals surface area contributed by atoms with E-state index in [0.29, 0.717) is 16.8 Å². The molecule has 0 bridgehead atoms. The van der Waals surface area contributed by atoms with Crippen molar-refractivity contribution in [3.05, 3.63) is 92.0 Å². The van der Waals surface area contributed by atoms with E-state index in [1.54, 1.807) is 19.9 Å². The first-order chi connectivity index (χ1) is 18.8. The number of anilines is 1. The van der Waals surface area contributed by atoms with Gasteiger partial charge in [-0.2, -0.15) is 13.2 Å². The topological polar surface area (TPSA) is 109 Å². The van der Waals surface area contributed by atoms with Gasteiger partial charge in [0.15, 0.2) is 0 Å². The number of carbonyl (C=O) groups excluding carboxylic acids is 2. The van der Waals surface area contributed by atoms with E-state index in [0.717, 1.165) is 6.07 Å². The molecule has 9 nitrogen and oxygen atoms in total. The molecule has 2 atom stereocenters. The van der Waals surface area contributed by atoms with Crippen LogP contribution in [0, 0.1) is 0 Å². The number of pyridine rings is 1. The summed E-state index contributed by atoms with van der Waals surface area (Å²) in [7, 11) is 1.49. The van der Waals surface area contributed by atoms with Crippen molar-refractivity contribution < 1.29 is 22.8 Å². The number of hydrogen-bond acceptors (Lipinski definition) is 6. The number of nitrogens with one attached hydrogen (secondary N) is 2. The molecular weight excluding hydrogens is 593 g/mol. The Balaban J connectivity index is 1.76. The summed E-state index contributed by atoms with van der Waals surface area (Å²) in [5.74, 6) is -0.573. The van der Waals surface area contributed by atoms with Crippen LogP contribution in [0.15, 0.2) is 58.5 Å². The molecule has 0 unspecified atom stereocenters. The Labute approximate surface area is 236 Å². The molecule has 0 aliphatic carbocycles. The number of nitrogens with zero attached hydrogens (tertiary/aromatic N) is 4. The van der Waals surface area contributed by atoms with Crippen molar-refractivity contribution in [2.75, 3.05) is 12.4 Å². The van der Waals surface area contributed by atoms with Crippen LogP contribution in [0.25, 0.3) is 5.82 Å². The largest absolute Gasteiger partial charge is 0.417 e. The van der Waals surface area contributed by atoms with Gasteiger partial charge in [-0.1, -0.05) is 22.0 Å². The minimum Gasteiger partial charge on any atom is -0.355 e. The number of carbonyl (C=O) groups is 2. The molecule has 2 N–H and O–H groups in total. The first-order valence-corrected chi connectivity index (χ1v) is 13.0. The number of hydrogen-bond donors (Lipinski definition) is 2. The molecule has 0 fully saturated rings. The van der Waals surface area contributed by atoms with Gasteiger partial charge in [0.1, 0.15) is 5.82 Å². The van der Waals surface area contributed by atoms with E-state index in [2.05, 4.69) is 43.1 Å². The molecule has 40 heavy (non-hydrogen) atoms. The highest BCUT2D eigenvalue weighted by atomic mass is 79.9. The fraction of sp³-hybridized carbons (Fsp3) is 0.296. The van der Waals surface area contributed by atoms with E-state index < -0.39 is 29.2 Å². The first-order valence-electron chi connectivity index (χ1n) is 12.3. The van der Waals surface area contributed by atoms with Gasteiger partial charge in [0.2, 0.25) is 5.95 Å². The predicted molar refractivity (Wildman–Crippen MR) is 146 cm³/mol. The maximum absolute atomic E-state index is 13.8. The normalized spacial score (nSPS) is 15.7. The Morgan fingerprint density at radius 2 is 1.93 bits per heavy atom. The number of rotatable bonds is 6. The van der Waals surface area contributed by atoms with Crippen molar-refractivity contribution >= 4 is 33.7 Å². The van der Waals surface area contributed by atoms with Gasteiger partial charge in [-0.25, -0.2) is 14.5 Å². The fourth-order valence-electron chi connectivity index (χ4n) is 4.34. The van der Waals surface area contributed by atoms with E-state index in [1.807, 2.05) is 0 Å². The number of alkyl halides is 3. The lowest BCUT2D eigenvalue weighted by molar-refractivity contribution is -0.138. The monoisotopic (exact) mass is 618 g/mol. The van der Waals surface area contributed by atoms with Crippen molar-refractivity contribution in [2.24, 2.45) is 0 Å². The third-order valence-electron chi connectivity index (χ3n) is 6.57. The molecule has 0 saturated carbocycles. The molecule has 0 saturated heterocycles. The molecule has 3 aromatic rings. The summed E-state index contributed by atoms with van der Waals surface area (Å²) in [4.78, 5) is 49.4. The van der Waals surface area contributed by atoms with Gasteiger partial charge in [0.25, 0.3) is 17.4 Å². The summed E-state index contributed by atoms with van der Waals surface area (Å²) in [6.45, 7) is 7.18. The summed E-state index contributed by atoms with van der Waals surface area (Å²) in [5.41, 5.74) is -0.504. The molecule has 1 aliphatic heterocycles. The number of aromatic nitrogens is 3. The second kappa shape index (κ2) is 11.2. The van der Waals surface area contributed by atoms with E-state index in [9.17, 15) is 27.6 Å². The zero-order valence-electron chi connectivity index (χ0n) is 21.8. The molecule has 0 spiro atoms. The van der Waals surface area contributed by atoms with Crippen LogP contribution in [0.3, 0.4) is 0 Å². The van der Waals surface area contributed by atoms with Crippen LogP contribution in [0.5, 0.6) is 0 Å². The van der Waals surface area contributed by atoms with Crippen molar-refractivity contribution in [2.45, 2.75) is 45.1 Å². The first kappa shape index (κ1) is 29.0. The van der Waals surface area contributed by atoms with Gasteiger partial charge in [-0.05, 0) is 50.6 Å². The van der Waals surface area contributed by atoms with Crippen molar-refractivity contribution in [1.82, 2.24) is 24.8 Å². The summed E-state index contributed by atoms with van der Waals surface area (Å²) in [5, 5.41) is 5.60. The van der Waals surface area contributed by atoms with Gasteiger partial charge < -0.3 is 15.5 Å². The van der Waals surface area contributed by atoms with Crippen LogP contribution in [0.1, 0.15) is 51.4 Å². The zero-order chi connectivity index (χ0) is 29.4.